The van der Waals surface area contributed by atoms with Crippen LogP contribution in [-0.4, -0.2) is 19.2 Å². The van der Waals surface area contributed by atoms with Crippen molar-refractivity contribution >= 4 is 17.5 Å². The normalized spacial score (nSPS) is 25.9. The number of methoxy groups -OCH3 is 1. The van der Waals surface area contributed by atoms with Gasteiger partial charge < -0.3 is 10.1 Å². The van der Waals surface area contributed by atoms with Crippen LogP contribution in [0.1, 0.15) is 33.1 Å². The molecule has 0 aromatic heterocycles. The van der Waals surface area contributed by atoms with Gasteiger partial charge in [0, 0.05) is 17.4 Å². The Morgan fingerprint density at radius 3 is 2.45 bits per heavy atom. The summed E-state index contributed by atoms with van der Waals surface area (Å²) in [7, 11) is 1.36. The van der Waals surface area contributed by atoms with Gasteiger partial charge in [-0.3, -0.25) is 5.32 Å². The van der Waals surface area contributed by atoms with Crippen LogP contribution >= 0.6 is 0 Å². The Hall–Kier alpha value is -1.71. The highest BCUT2D eigenvalue weighted by Crippen LogP contribution is 2.30. The largest absolute Gasteiger partial charge is 0.453 e. The number of hydrogen-bond donors (Lipinski definition) is 2. The van der Waals surface area contributed by atoms with E-state index in [0.717, 1.165) is 23.2 Å². The number of ether oxygens (including phenoxy) is 1. The minimum Gasteiger partial charge on any atom is -0.453 e. The zero-order chi connectivity index (χ0) is 14.5. The number of carbonyl (C=O) groups is 1. The molecule has 0 saturated heterocycles. The molecular formula is C16H24N2O2. The van der Waals surface area contributed by atoms with Crippen molar-refractivity contribution in [2.45, 2.75) is 39.2 Å². The third kappa shape index (κ3) is 4.15. The van der Waals surface area contributed by atoms with E-state index in [0.29, 0.717) is 6.04 Å². The summed E-state index contributed by atoms with van der Waals surface area (Å²) in [5.74, 6) is 1.54. The minimum atomic E-state index is -0.443. The van der Waals surface area contributed by atoms with E-state index in [1.807, 2.05) is 24.3 Å². The molecule has 0 bridgehead atoms. The Morgan fingerprint density at radius 1 is 1.15 bits per heavy atom. The lowest BCUT2D eigenvalue weighted by atomic mass is 9.80. The summed E-state index contributed by atoms with van der Waals surface area (Å²) in [4.78, 5) is 11.2. The van der Waals surface area contributed by atoms with Gasteiger partial charge in [-0.2, -0.15) is 0 Å². The van der Waals surface area contributed by atoms with Gasteiger partial charge in [-0.15, -0.1) is 0 Å². The summed E-state index contributed by atoms with van der Waals surface area (Å²) in [5.41, 5.74) is 1.80. The van der Waals surface area contributed by atoms with Gasteiger partial charge in [0.1, 0.15) is 0 Å². The average molecular weight is 276 g/mol. The van der Waals surface area contributed by atoms with E-state index in [1.54, 1.807) is 0 Å². The van der Waals surface area contributed by atoms with E-state index in [1.165, 1.54) is 26.4 Å². The fraction of sp³-hybridized carbons (Fsp3) is 0.562. The molecule has 0 radical (unpaired) electrons. The monoisotopic (exact) mass is 276 g/mol. The van der Waals surface area contributed by atoms with Crippen molar-refractivity contribution in [3.05, 3.63) is 24.3 Å². The second-order valence-electron chi connectivity index (χ2n) is 5.96. The van der Waals surface area contributed by atoms with E-state index in [2.05, 4.69) is 29.2 Å². The van der Waals surface area contributed by atoms with E-state index >= 15 is 0 Å². The maximum atomic E-state index is 11.2. The van der Waals surface area contributed by atoms with Crippen LogP contribution in [0, 0.1) is 11.8 Å². The van der Waals surface area contributed by atoms with E-state index in [-0.39, 0.29) is 0 Å². The number of benzene rings is 1. The van der Waals surface area contributed by atoms with Gasteiger partial charge in [0.05, 0.1) is 7.11 Å². The Balaban J connectivity index is 1.98. The first-order valence-electron chi connectivity index (χ1n) is 7.28. The Kier molecular flexibility index (Phi) is 4.88. The fourth-order valence-electron chi connectivity index (χ4n) is 3.16. The summed E-state index contributed by atoms with van der Waals surface area (Å²) in [6, 6.07) is 8.28. The van der Waals surface area contributed by atoms with Crippen molar-refractivity contribution in [3.63, 3.8) is 0 Å². The smallest absolute Gasteiger partial charge is 0.411 e. The van der Waals surface area contributed by atoms with Crippen LogP contribution in [0.2, 0.25) is 0 Å². The first kappa shape index (κ1) is 14.7. The number of carbonyl (C=O) groups excluding carboxylic acids is 1. The van der Waals surface area contributed by atoms with Crippen LogP contribution in [0.5, 0.6) is 0 Å². The van der Waals surface area contributed by atoms with Gasteiger partial charge in [-0.1, -0.05) is 19.9 Å². The summed E-state index contributed by atoms with van der Waals surface area (Å²) < 4.78 is 4.60. The maximum absolute atomic E-state index is 11.2. The van der Waals surface area contributed by atoms with Gasteiger partial charge in [-0.05, 0) is 49.3 Å². The van der Waals surface area contributed by atoms with Gasteiger partial charge in [-0.25, -0.2) is 4.79 Å². The molecule has 4 heteroatoms. The molecule has 4 nitrogen and oxygen atoms in total. The van der Waals surface area contributed by atoms with Crippen molar-refractivity contribution in [2.75, 3.05) is 17.7 Å². The van der Waals surface area contributed by atoms with Crippen molar-refractivity contribution in [1.82, 2.24) is 0 Å². The SMILES string of the molecule is COC(=O)Nc1cccc(NC2CC(C)CC(C)C2)c1. The molecule has 20 heavy (non-hydrogen) atoms. The highest BCUT2D eigenvalue weighted by atomic mass is 16.5. The number of anilines is 2. The number of nitrogens with one attached hydrogen (secondary N) is 2. The molecule has 1 aliphatic rings. The molecule has 1 aliphatic carbocycles. The van der Waals surface area contributed by atoms with Crippen molar-refractivity contribution in [2.24, 2.45) is 11.8 Å². The highest BCUT2D eigenvalue weighted by Gasteiger charge is 2.23. The van der Waals surface area contributed by atoms with E-state index < -0.39 is 6.09 Å². The molecule has 1 aromatic carbocycles. The van der Waals surface area contributed by atoms with Crippen LogP contribution in [0.3, 0.4) is 0 Å². The molecule has 2 atom stereocenters. The van der Waals surface area contributed by atoms with Gasteiger partial charge in [0.15, 0.2) is 0 Å². The zero-order valence-electron chi connectivity index (χ0n) is 12.5. The number of hydrogen-bond acceptors (Lipinski definition) is 3. The average Bonchev–Trinajstić information content (AvgIpc) is 2.37. The second-order valence-corrected chi connectivity index (χ2v) is 5.96. The topological polar surface area (TPSA) is 50.4 Å². The summed E-state index contributed by atoms with van der Waals surface area (Å²) in [5, 5.41) is 6.27. The lowest BCUT2D eigenvalue weighted by molar-refractivity contribution is 0.187. The molecule has 0 aliphatic heterocycles. The lowest BCUT2D eigenvalue weighted by Crippen LogP contribution is -2.30. The zero-order valence-corrected chi connectivity index (χ0v) is 12.5. The number of amides is 1. The molecule has 2 N–H and O–H groups in total. The van der Waals surface area contributed by atoms with Gasteiger partial charge in [0.2, 0.25) is 0 Å². The van der Waals surface area contributed by atoms with Crippen molar-refractivity contribution in [1.29, 1.82) is 0 Å². The Morgan fingerprint density at radius 2 is 1.80 bits per heavy atom. The Labute approximate surface area is 120 Å². The lowest BCUT2D eigenvalue weighted by Gasteiger charge is -2.32. The van der Waals surface area contributed by atoms with Crippen LogP contribution in [-0.2, 0) is 4.74 Å². The van der Waals surface area contributed by atoms with Gasteiger partial charge in [0.25, 0.3) is 0 Å². The molecule has 1 saturated carbocycles. The third-order valence-corrected chi connectivity index (χ3v) is 3.84. The van der Waals surface area contributed by atoms with Crippen molar-refractivity contribution in [3.8, 4) is 0 Å². The fourth-order valence-corrected chi connectivity index (χ4v) is 3.16. The molecule has 2 unspecified atom stereocenters. The molecule has 0 spiro atoms. The van der Waals surface area contributed by atoms with E-state index in [4.69, 9.17) is 0 Å². The van der Waals surface area contributed by atoms with Crippen LogP contribution < -0.4 is 10.6 Å². The first-order chi connectivity index (χ1) is 9.56. The second kappa shape index (κ2) is 6.64. The standard InChI is InChI=1S/C16H24N2O2/c1-11-7-12(2)9-15(8-11)17-13-5-4-6-14(10-13)18-16(19)20-3/h4-6,10-12,15,17H,7-9H2,1-3H3,(H,18,19). The summed E-state index contributed by atoms with van der Waals surface area (Å²) in [6.07, 6.45) is 3.29. The Bertz CT molecular complexity index is 452. The molecule has 1 amide bonds. The van der Waals surface area contributed by atoms with Gasteiger partial charge >= 0.3 is 6.09 Å². The van der Waals surface area contributed by atoms with Crippen LogP contribution in [0.25, 0.3) is 0 Å². The molecule has 1 fully saturated rings. The quantitative estimate of drug-likeness (QED) is 0.873. The highest BCUT2D eigenvalue weighted by molar-refractivity contribution is 5.85. The molecule has 110 valence electrons. The van der Waals surface area contributed by atoms with Crippen molar-refractivity contribution < 1.29 is 9.53 Å². The van der Waals surface area contributed by atoms with Crippen LogP contribution in [0.4, 0.5) is 16.2 Å². The van der Waals surface area contributed by atoms with Crippen LogP contribution in [0.15, 0.2) is 24.3 Å². The molecular weight excluding hydrogens is 252 g/mol. The summed E-state index contributed by atoms with van der Waals surface area (Å²) in [6.45, 7) is 4.64. The summed E-state index contributed by atoms with van der Waals surface area (Å²) >= 11 is 0. The minimum absolute atomic E-state index is 0.443. The van der Waals surface area contributed by atoms with E-state index in [9.17, 15) is 4.79 Å². The first-order valence-corrected chi connectivity index (χ1v) is 7.28. The molecule has 0 heterocycles. The molecule has 2 rings (SSSR count). The third-order valence-electron chi connectivity index (χ3n) is 3.84. The maximum Gasteiger partial charge on any atom is 0.411 e. The number of rotatable bonds is 3. The predicted octanol–water partition coefficient (Wildman–Crippen LogP) is 4.10. The molecule has 1 aromatic rings. The predicted molar refractivity (Wildman–Crippen MR) is 82.1 cm³/mol.